The number of hydrogen-bond donors (Lipinski definition) is 2. The van der Waals surface area contributed by atoms with Gasteiger partial charge >= 0.3 is 0 Å². The van der Waals surface area contributed by atoms with Crippen molar-refractivity contribution in [2.24, 2.45) is 5.10 Å². The van der Waals surface area contributed by atoms with Crippen LogP contribution in [0.3, 0.4) is 0 Å². The first-order valence-electron chi connectivity index (χ1n) is 13.5. The molecule has 44 heavy (non-hydrogen) atoms. The third-order valence-corrected chi connectivity index (χ3v) is 8.31. The van der Waals surface area contributed by atoms with E-state index in [1.54, 1.807) is 29.9 Å². The quantitative estimate of drug-likeness (QED) is 0.102. The summed E-state index contributed by atoms with van der Waals surface area (Å²) in [6.45, 7) is 3.67. The number of rotatable bonds is 9. The van der Waals surface area contributed by atoms with Gasteiger partial charge in [0.1, 0.15) is 16.2 Å². The Labute approximate surface area is 252 Å². The summed E-state index contributed by atoms with van der Waals surface area (Å²) in [4.78, 5) is 10.5. The average Bonchev–Trinajstić information content (AvgIpc) is 3.63. The van der Waals surface area contributed by atoms with Crippen LogP contribution in [-0.2, 0) is 10.0 Å². The summed E-state index contributed by atoms with van der Waals surface area (Å²) in [7, 11) is -4.25. The van der Waals surface area contributed by atoms with Crippen LogP contribution in [0.15, 0.2) is 118 Å². The van der Waals surface area contributed by atoms with Gasteiger partial charge in [-0.3, -0.25) is 20.3 Å². The van der Waals surface area contributed by atoms with Crippen molar-refractivity contribution in [3.05, 3.63) is 130 Å². The topological polar surface area (TPSA) is 145 Å². The van der Waals surface area contributed by atoms with Crippen LogP contribution in [0.2, 0.25) is 0 Å². The lowest BCUT2D eigenvalue weighted by molar-refractivity contribution is -0.385. The molecule has 6 aromatic rings. The smallest absolute Gasteiger partial charge is 0.270 e. The fraction of sp³-hybridized carbons (Fsp3) is 0.0625. The van der Waals surface area contributed by atoms with Crippen LogP contribution in [0.4, 0.5) is 17.1 Å². The Hall–Kier alpha value is -5.75. The Morgan fingerprint density at radius 3 is 2.43 bits per heavy atom. The minimum atomic E-state index is -4.25. The Morgan fingerprint density at radius 1 is 0.932 bits per heavy atom. The highest BCUT2D eigenvalue weighted by Gasteiger charge is 2.23. The fourth-order valence-electron chi connectivity index (χ4n) is 4.72. The maximum atomic E-state index is 13.5. The van der Waals surface area contributed by atoms with Crippen molar-refractivity contribution < 1.29 is 17.8 Å². The summed E-state index contributed by atoms with van der Waals surface area (Å²) in [5.41, 5.74) is 7.09. The van der Waals surface area contributed by atoms with Crippen LogP contribution in [0, 0.1) is 24.0 Å². The van der Waals surface area contributed by atoms with Gasteiger partial charge in [-0.1, -0.05) is 54.1 Å². The highest BCUT2D eigenvalue weighted by atomic mass is 32.2. The zero-order valence-electron chi connectivity index (χ0n) is 23.6. The molecule has 0 spiro atoms. The molecule has 4 aromatic carbocycles. The van der Waals surface area contributed by atoms with Gasteiger partial charge in [0, 0.05) is 29.3 Å². The van der Waals surface area contributed by atoms with E-state index in [9.17, 15) is 18.5 Å². The van der Waals surface area contributed by atoms with E-state index in [0.717, 1.165) is 22.7 Å². The summed E-state index contributed by atoms with van der Waals surface area (Å²) >= 11 is 0. The highest BCUT2D eigenvalue weighted by Crippen LogP contribution is 2.31. The molecule has 12 heteroatoms. The van der Waals surface area contributed by atoms with Crippen molar-refractivity contribution in [1.82, 2.24) is 9.78 Å². The minimum absolute atomic E-state index is 0.0462. The van der Waals surface area contributed by atoms with Crippen LogP contribution < -0.4 is 10.1 Å². The second-order valence-corrected chi connectivity index (χ2v) is 11.7. The van der Waals surface area contributed by atoms with Gasteiger partial charge in [-0.25, -0.2) is 13.1 Å². The molecule has 0 saturated heterocycles. The van der Waals surface area contributed by atoms with Gasteiger partial charge in [0.05, 0.1) is 28.2 Å². The van der Waals surface area contributed by atoms with Crippen LogP contribution in [0.25, 0.3) is 28.1 Å². The van der Waals surface area contributed by atoms with E-state index in [0.29, 0.717) is 33.9 Å². The summed E-state index contributed by atoms with van der Waals surface area (Å²) in [6.07, 6.45) is 3.27. The van der Waals surface area contributed by atoms with E-state index in [1.165, 1.54) is 18.3 Å². The summed E-state index contributed by atoms with van der Waals surface area (Å²) in [5, 5.41) is 21.5. The van der Waals surface area contributed by atoms with E-state index < -0.39 is 14.9 Å². The van der Waals surface area contributed by atoms with Gasteiger partial charge in [0.2, 0.25) is 0 Å². The van der Waals surface area contributed by atoms with E-state index in [2.05, 4.69) is 15.2 Å². The number of hydrogen-bond acceptors (Lipinski definition) is 8. The average molecular weight is 607 g/mol. The number of nitrogens with zero attached hydrogens (tertiary/aromatic N) is 4. The lowest BCUT2D eigenvalue weighted by Crippen LogP contribution is -2.16. The van der Waals surface area contributed by atoms with Gasteiger partial charge in [-0.2, -0.15) is 10.2 Å². The molecule has 0 atom stereocenters. The van der Waals surface area contributed by atoms with Crippen molar-refractivity contribution in [3.63, 3.8) is 0 Å². The number of fused-ring (bicyclic) bond motifs is 1. The van der Waals surface area contributed by atoms with Crippen molar-refractivity contribution in [2.45, 2.75) is 18.7 Å². The van der Waals surface area contributed by atoms with E-state index in [1.807, 2.05) is 73.7 Å². The molecule has 0 amide bonds. The van der Waals surface area contributed by atoms with Crippen molar-refractivity contribution in [1.29, 1.82) is 0 Å². The third-order valence-electron chi connectivity index (χ3n) is 6.90. The monoisotopic (exact) mass is 606 g/mol. The van der Waals surface area contributed by atoms with Crippen molar-refractivity contribution >= 4 is 44.3 Å². The standard InChI is InChI=1S/C32H26N6O5S/c1-21-12-14-27(22(2)16-21)36-44(41,42)31-18-26(38(39)40)13-15-28(31)34-33-19-24-20-37(25-9-4-3-5-10-25)35-32(24)30-17-23-8-6-7-11-29(23)43-30/h3-20,34,36H,1-2H3/b33-19-. The van der Waals surface area contributed by atoms with E-state index >= 15 is 0 Å². The molecule has 0 aliphatic rings. The lowest BCUT2D eigenvalue weighted by Gasteiger charge is -2.14. The molecular formula is C32H26N6O5S. The third kappa shape index (κ3) is 5.78. The number of para-hydroxylation sites is 2. The van der Waals surface area contributed by atoms with Crippen molar-refractivity contribution in [2.75, 3.05) is 10.1 Å². The fourth-order valence-corrected chi connectivity index (χ4v) is 6.03. The first-order chi connectivity index (χ1) is 21.2. The molecule has 0 unspecified atom stereocenters. The van der Waals surface area contributed by atoms with Gasteiger partial charge < -0.3 is 4.42 Å². The number of benzene rings is 4. The molecule has 0 aliphatic carbocycles. The van der Waals surface area contributed by atoms with Crippen molar-refractivity contribution in [3.8, 4) is 17.1 Å². The molecule has 0 fully saturated rings. The summed E-state index contributed by atoms with van der Waals surface area (Å²) in [5.74, 6) is 0.526. The lowest BCUT2D eigenvalue weighted by atomic mass is 10.1. The molecule has 6 rings (SSSR count). The highest BCUT2D eigenvalue weighted by molar-refractivity contribution is 7.92. The van der Waals surface area contributed by atoms with Crippen LogP contribution in [-0.4, -0.2) is 29.3 Å². The maximum Gasteiger partial charge on any atom is 0.270 e. The second kappa shape index (κ2) is 11.5. The molecule has 220 valence electrons. The molecule has 0 saturated carbocycles. The predicted octanol–water partition coefficient (Wildman–Crippen LogP) is 7.06. The number of aryl methyl sites for hydroxylation is 2. The number of aromatic nitrogens is 2. The maximum absolute atomic E-state index is 13.5. The van der Waals surface area contributed by atoms with Gasteiger partial charge in [-0.15, -0.1) is 0 Å². The Bertz CT molecular complexity index is 2120. The molecule has 2 heterocycles. The molecule has 0 bridgehead atoms. The van der Waals surface area contributed by atoms with Crippen LogP contribution in [0.5, 0.6) is 0 Å². The summed E-state index contributed by atoms with van der Waals surface area (Å²) < 4.78 is 37.3. The minimum Gasteiger partial charge on any atom is -0.454 e. The molecular weight excluding hydrogens is 580 g/mol. The zero-order valence-corrected chi connectivity index (χ0v) is 24.4. The number of nitrogens with one attached hydrogen (secondary N) is 2. The molecule has 0 radical (unpaired) electrons. The number of anilines is 2. The number of nitro benzene ring substituents is 1. The second-order valence-electron chi connectivity index (χ2n) is 10.1. The van der Waals surface area contributed by atoms with E-state index in [4.69, 9.17) is 9.52 Å². The van der Waals surface area contributed by atoms with E-state index in [-0.39, 0.29) is 16.3 Å². The zero-order chi connectivity index (χ0) is 30.8. The Balaban J connectivity index is 1.37. The Morgan fingerprint density at radius 2 is 1.68 bits per heavy atom. The normalized spacial score (nSPS) is 11.7. The molecule has 2 N–H and O–H groups in total. The Kier molecular flexibility index (Phi) is 7.41. The molecule has 2 aromatic heterocycles. The SMILES string of the molecule is Cc1ccc(NS(=O)(=O)c2cc([N+](=O)[O-])ccc2N/N=C\c2cn(-c3ccccc3)nc2-c2cc3ccccc3o2)c(C)c1. The number of furan rings is 1. The van der Waals surface area contributed by atoms with Crippen LogP contribution in [0.1, 0.15) is 16.7 Å². The first-order valence-corrected chi connectivity index (χ1v) is 15.0. The van der Waals surface area contributed by atoms with Gasteiger partial charge in [0.15, 0.2) is 5.76 Å². The van der Waals surface area contributed by atoms with Gasteiger partial charge in [-0.05, 0) is 55.8 Å². The molecule has 11 nitrogen and oxygen atoms in total. The van der Waals surface area contributed by atoms with Crippen LogP contribution >= 0.6 is 0 Å². The number of non-ortho nitro benzene ring substituents is 1. The predicted molar refractivity (Wildman–Crippen MR) is 170 cm³/mol. The number of hydrazone groups is 1. The molecule has 0 aliphatic heterocycles. The number of sulfonamides is 1. The van der Waals surface area contributed by atoms with Gasteiger partial charge in [0.25, 0.3) is 15.7 Å². The summed E-state index contributed by atoms with van der Waals surface area (Å²) in [6, 6.07) is 27.8. The number of nitro groups is 1. The largest absolute Gasteiger partial charge is 0.454 e. The first kappa shape index (κ1) is 28.4.